The Morgan fingerprint density at radius 3 is 2.67 bits per heavy atom. The number of hydrogen-bond acceptors (Lipinski definition) is 2. The number of piperidine rings is 1. The van der Waals surface area contributed by atoms with Gasteiger partial charge in [0.15, 0.2) is 0 Å². The van der Waals surface area contributed by atoms with Crippen LogP contribution in [0, 0.1) is 12.3 Å². The summed E-state index contributed by atoms with van der Waals surface area (Å²) in [7, 11) is 0. The number of nitrogens with zero attached hydrogens (tertiary/aromatic N) is 1. The van der Waals surface area contributed by atoms with E-state index in [1.165, 1.54) is 12.8 Å². The largest absolute Gasteiger partial charge is 0.314 e. The molecule has 0 aromatic carbocycles. The summed E-state index contributed by atoms with van der Waals surface area (Å²) < 4.78 is 0. The summed E-state index contributed by atoms with van der Waals surface area (Å²) in [5, 5.41) is 3.47. The van der Waals surface area contributed by atoms with Gasteiger partial charge in [0, 0.05) is 19.1 Å². The summed E-state index contributed by atoms with van der Waals surface area (Å²) in [5.74, 6) is 2.69. The third-order valence-electron chi connectivity index (χ3n) is 2.40. The maximum atomic E-state index is 5.25. The molecule has 1 heterocycles. The first-order chi connectivity index (χ1) is 5.86. The van der Waals surface area contributed by atoms with E-state index in [-0.39, 0.29) is 0 Å². The van der Waals surface area contributed by atoms with Crippen LogP contribution in [0.1, 0.15) is 19.8 Å². The van der Waals surface area contributed by atoms with Crippen molar-refractivity contribution in [2.75, 3.05) is 26.2 Å². The minimum Gasteiger partial charge on any atom is -0.314 e. The number of nitrogens with one attached hydrogen (secondary N) is 1. The van der Waals surface area contributed by atoms with Gasteiger partial charge in [-0.3, -0.25) is 4.90 Å². The highest BCUT2D eigenvalue weighted by atomic mass is 15.1. The monoisotopic (exact) mass is 166 g/mol. The van der Waals surface area contributed by atoms with Crippen molar-refractivity contribution in [3.8, 4) is 12.3 Å². The average Bonchev–Trinajstić information content (AvgIpc) is 2.09. The van der Waals surface area contributed by atoms with E-state index >= 15 is 0 Å². The molecule has 0 aromatic rings. The van der Waals surface area contributed by atoms with E-state index in [1.54, 1.807) is 0 Å². The molecule has 0 saturated carbocycles. The fraction of sp³-hybridized carbons (Fsp3) is 0.800. The third kappa shape index (κ3) is 2.84. The van der Waals surface area contributed by atoms with Crippen LogP contribution in [0.5, 0.6) is 0 Å². The molecular weight excluding hydrogens is 148 g/mol. The second-order valence-electron chi connectivity index (χ2n) is 3.31. The Balaban J connectivity index is 2.16. The zero-order chi connectivity index (χ0) is 8.81. The molecule has 1 saturated heterocycles. The van der Waals surface area contributed by atoms with Gasteiger partial charge in [-0.05, 0) is 19.4 Å². The summed E-state index contributed by atoms with van der Waals surface area (Å²) >= 11 is 0. The van der Waals surface area contributed by atoms with Crippen molar-refractivity contribution in [3.05, 3.63) is 0 Å². The van der Waals surface area contributed by atoms with Gasteiger partial charge >= 0.3 is 0 Å². The summed E-state index contributed by atoms with van der Waals surface area (Å²) in [6, 6.07) is 0.726. The van der Waals surface area contributed by atoms with Crippen LogP contribution in [0.25, 0.3) is 0 Å². The first kappa shape index (κ1) is 9.57. The molecule has 0 atom stereocenters. The molecule has 0 aliphatic carbocycles. The fourth-order valence-corrected chi connectivity index (χ4v) is 1.71. The van der Waals surface area contributed by atoms with Crippen LogP contribution in [-0.4, -0.2) is 37.1 Å². The molecule has 0 bridgehead atoms. The highest BCUT2D eigenvalue weighted by Crippen LogP contribution is 2.08. The van der Waals surface area contributed by atoms with E-state index < -0.39 is 0 Å². The maximum Gasteiger partial charge on any atom is 0.0598 e. The molecule has 0 spiro atoms. The van der Waals surface area contributed by atoms with Crippen molar-refractivity contribution in [3.63, 3.8) is 0 Å². The summed E-state index contributed by atoms with van der Waals surface area (Å²) in [6.45, 7) is 6.37. The van der Waals surface area contributed by atoms with Gasteiger partial charge in [-0.15, -0.1) is 6.42 Å². The van der Waals surface area contributed by atoms with Gasteiger partial charge in [-0.1, -0.05) is 12.8 Å². The van der Waals surface area contributed by atoms with Crippen LogP contribution in [0.15, 0.2) is 0 Å². The molecule has 0 aromatic heterocycles. The average molecular weight is 166 g/mol. The molecule has 0 unspecified atom stereocenters. The van der Waals surface area contributed by atoms with Gasteiger partial charge in [-0.25, -0.2) is 0 Å². The molecule has 1 fully saturated rings. The molecule has 1 aliphatic rings. The second-order valence-corrected chi connectivity index (χ2v) is 3.31. The first-order valence-corrected chi connectivity index (χ1v) is 4.76. The van der Waals surface area contributed by atoms with E-state index in [2.05, 4.69) is 23.1 Å². The van der Waals surface area contributed by atoms with E-state index in [9.17, 15) is 0 Å². The van der Waals surface area contributed by atoms with Gasteiger partial charge in [0.05, 0.1) is 6.54 Å². The van der Waals surface area contributed by atoms with Crippen molar-refractivity contribution >= 4 is 0 Å². The van der Waals surface area contributed by atoms with Crippen LogP contribution in [0.3, 0.4) is 0 Å². The lowest BCUT2D eigenvalue weighted by Gasteiger charge is -2.30. The summed E-state index contributed by atoms with van der Waals surface area (Å²) in [4.78, 5) is 2.34. The molecule has 1 rings (SSSR count). The Morgan fingerprint density at radius 1 is 1.50 bits per heavy atom. The topological polar surface area (TPSA) is 15.3 Å². The fourth-order valence-electron chi connectivity index (χ4n) is 1.71. The van der Waals surface area contributed by atoms with E-state index in [0.29, 0.717) is 0 Å². The minimum absolute atomic E-state index is 0.726. The first-order valence-electron chi connectivity index (χ1n) is 4.76. The Bertz CT molecular complexity index is 152. The standard InChI is InChI=1S/C10H18N2/c1-3-7-12-8-5-10(6-9-12)11-4-2/h1,10-11H,4-9H2,2H3. The lowest BCUT2D eigenvalue weighted by molar-refractivity contribution is 0.219. The van der Waals surface area contributed by atoms with Crippen LogP contribution in [-0.2, 0) is 0 Å². The van der Waals surface area contributed by atoms with Crippen molar-refractivity contribution in [1.29, 1.82) is 0 Å². The third-order valence-corrected chi connectivity index (χ3v) is 2.40. The number of rotatable bonds is 3. The number of terminal acetylenes is 1. The maximum absolute atomic E-state index is 5.25. The van der Waals surface area contributed by atoms with Crippen LogP contribution in [0.4, 0.5) is 0 Å². The van der Waals surface area contributed by atoms with Gasteiger partial charge in [0.25, 0.3) is 0 Å². The van der Waals surface area contributed by atoms with Crippen molar-refractivity contribution in [1.82, 2.24) is 10.2 Å². The molecule has 2 nitrogen and oxygen atoms in total. The second kappa shape index (κ2) is 5.18. The highest BCUT2D eigenvalue weighted by Gasteiger charge is 2.16. The molecule has 0 amide bonds. The summed E-state index contributed by atoms with van der Waals surface area (Å²) in [6.07, 6.45) is 7.74. The zero-order valence-corrected chi connectivity index (χ0v) is 7.84. The normalized spacial score (nSPS) is 20.7. The Morgan fingerprint density at radius 2 is 2.17 bits per heavy atom. The van der Waals surface area contributed by atoms with Gasteiger partial charge in [0.2, 0.25) is 0 Å². The lowest BCUT2D eigenvalue weighted by Crippen LogP contribution is -2.42. The zero-order valence-electron chi connectivity index (χ0n) is 7.84. The minimum atomic E-state index is 0.726. The summed E-state index contributed by atoms with van der Waals surface area (Å²) in [5.41, 5.74) is 0. The van der Waals surface area contributed by atoms with E-state index in [0.717, 1.165) is 32.2 Å². The molecular formula is C10H18N2. The highest BCUT2D eigenvalue weighted by molar-refractivity contribution is 4.90. The Kier molecular flexibility index (Phi) is 4.13. The molecule has 1 aliphatic heterocycles. The SMILES string of the molecule is C#CCN1CCC(NCC)CC1. The lowest BCUT2D eigenvalue weighted by atomic mass is 10.1. The van der Waals surface area contributed by atoms with Gasteiger partial charge in [-0.2, -0.15) is 0 Å². The van der Waals surface area contributed by atoms with Gasteiger partial charge < -0.3 is 5.32 Å². The molecule has 1 N–H and O–H groups in total. The molecule has 2 heteroatoms. The van der Waals surface area contributed by atoms with Crippen molar-refractivity contribution in [2.45, 2.75) is 25.8 Å². The predicted octanol–water partition coefficient (Wildman–Crippen LogP) is 0.694. The quantitative estimate of drug-likeness (QED) is 0.621. The van der Waals surface area contributed by atoms with Crippen molar-refractivity contribution in [2.24, 2.45) is 0 Å². The molecule has 12 heavy (non-hydrogen) atoms. The van der Waals surface area contributed by atoms with Gasteiger partial charge in [0.1, 0.15) is 0 Å². The Labute approximate surface area is 75.3 Å². The van der Waals surface area contributed by atoms with Crippen LogP contribution < -0.4 is 5.32 Å². The van der Waals surface area contributed by atoms with E-state index in [4.69, 9.17) is 6.42 Å². The smallest absolute Gasteiger partial charge is 0.0598 e. The molecule has 68 valence electrons. The van der Waals surface area contributed by atoms with Crippen molar-refractivity contribution < 1.29 is 0 Å². The Hall–Kier alpha value is -0.520. The molecule has 0 radical (unpaired) electrons. The van der Waals surface area contributed by atoms with E-state index in [1.807, 2.05) is 0 Å². The van der Waals surface area contributed by atoms with Crippen LogP contribution in [0.2, 0.25) is 0 Å². The number of likely N-dealkylation sites (tertiary alicyclic amines) is 1. The predicted molar refractivity (Wildman–Crippen MR) is 52.0 cm³/mol. The number of hydrogen-bond donors (Lipinski definition) is 1. The van der Waals surface area contributed by atoms with Crippen LogP contribution >= 0.6 is 0 Å².